The van der Waals surface area contributed by atoms with E-state index >= 15 is 0 Å². The van der Waals surface area contributed by atoms with Crippen molar-refractivity contribution in [2.45, 2.75) is 98.9 Å². The molecule has 15 atom stereocenters. The molecular weight excluding hydrogens is 508 g/mol. The molecule has 17 nitrogen and oxygen atoms in total. The van der Waals surface area contributed by atoms with E-state index in [1.807, 2.05) is 0 Å². The minimum Gasteiger partial charge on any atom is -0.394 e. The van der Waals surface area contributed by atoms with E-state index in [0.29, 0.717) is 0 Å². The SMILES string of the molecule is CC(=O)N[C@H]1[C@H](O[C@H]2[C@H](O)[C@@H](N)[C@H](OC[C@@H]3O[C@@H](O)[C@H](O)[C@H](O)[C@H]3O)O[C@@H]2CO)O[C@H](CO)[C@H](O)[C@@H]1O. The van der Waals surface area contributed by atoms with Crippen LogP contribution >= 0.6 is 0 Å². The van der Waals surface area contributed by atoms with E-state index in [2.05, 4.69) is 5.32 Å². The number of amides is 1. The Balaban J connectivity index is 1.69. The standard InChI is InChI=1S/C20H36N2O15/c1-5(25)22-10-14(29)11(26)6(2-23)35-20(10)37-17-7(3-24)36-19(9(21)13(17)28)33-4-8-12(27)15(30)16(31)18(32)34-8/h6-20,23-24,26-32H,2-4,21H2,1H3,(H,22,25)/t6-,7-,8+,9-,10-,11+,12+,13-,14-,15-,16-,17-,18-,19-,20+/m1/s1. The molecule has 3 saturated heterocycles. The molecule has 3 aliphatic rings. The molecule has 0 saturated carbocycles. The Morgan fingerprint density at radius 2 is 1.38 bits per heavy atom. The molecule has 1 amide bonds. The van der Waals surface area contributed by atoms with E-state index < -0.39 is 118 Å². The lowest BCUT2D eigenvalue weighted by Crippen LogP contribution is -2.68. The maximum atomic E-state index is 11.6. The van der Waals surface area contributed by atoms with Gasteiger partial charge in [0.1, 0.15) is 67.1 Å². The highest BCUT2D eigenvalue weighted by atomic mass is 16.7. The van der Waals surface area contributed by atoms with Gasteiger partial charge in [0.05, 0.1) is 25.9 Å². The van der Waals surface area contributed by atoms with Gasteiger partial charge in [-0.1, -0.05) is 0 Å². The molecule has 216 valence electrons. The highest BCUT2D eigenvalue weighted by Gasteiger charge is 2.51. The summed E-state index contributed by atoms with van der Waals surface area (Å²) in [5.74, 6) is -0.602. The van der Waals surface area contributed by atoms with Gasteiger partial charge in [-0.3, -0.25) is 4.79 Å². The summed E-state index contributed by atoms with van der Waals surface area (Å²) < 4.78 is 27.3. The van der Waals surface area contributed by atoms with Gasteiger partial charge in [0, 0.05) is 6.92 Å². The van der Waals surface area contributed by atoms with Crippen LogP contribution in [0, 0.1) is 0 Å². The minimum atomic E-state index is -1.80. The number of carbonyl (C=O) groups is 1. The van der Waals surface area contributed by atoms with Gasteiger partial charge in [0.25, 0.3) is 0 Å². The topological polar surface area (TPSA) is 283 Å². The van der Waals surface area contributed by atoms with Crippen LogP contribution in [0.5, 0.6) is 0 Å². The van der Waals surface area contributed by atoms with Crippen molar-refractivity contribution in [1.29, 1.82) is 0 Å². The Morgan fingerprint density at radius 3 is 1.97 bits per heavy atom. The van der Waals surface area contributed by atoms with Crippen molar-refractivity contribution in [3.63, 3.8) is 0 Å². The smallest absolute Gasteiger partial charge is 0.217 e. The first-order valence-electron chi connectivity index (χ1n) is 11.7. The average molecular weight is 545 g/mol. The van der Waals surface area contributed by atoms with Crippen LogP contribution in [0.4, 0.5) is 0 Å². The fourth-order valence-corrected chi connectivity index (χ4v) is 4.41. The normalized spacial score (nSPS) is 49.0. The van der Waals surface area contributed by atoms with Gasteiger partial charge >= 0.3 is 0 Å². The Hall–Kier alpha value is -1.13. The van der Waals surface area contributed by atoms with E-state index in [1.54, 1.807) is 0 Å². The van der Waals surface area contributed by atoms with Crippen molar-refractivity contribution in [2.75, 3.05) is 19.8 Å². The maximum absolute atomic E-state index is 11.6. The highest BCUT2D eigenvalue weighted by molar-refractivity contribution is 5.73. The zero-order chi connectivity index (χ0) is 27.6. The summed E-state index contributed by atoms with van der Waals surface area (Å²) in [5, 5.41) is 92.2. The quantitative estimate of drug-likeness (QED) is 0.135. The number of nitrogens with two attached hydrogens (primary N) is 1. The van der Waals surface area contributed by atoms with Crippen molar-refractivity contribution in [2.24, 2.45) is 5.73 Å². The van der Waals surface area contributed by atoms with Crippen LogP contribution in [-0.2, 0) is 28.5 Å². The number of hydrogen-bond acceptors (Lipinski definition) is 16. The molecule has 0 bridgehead atoms. The number of hydrogen-bond donors (Lipinski definition) is 11. The molecule has 3 rings (SSSR count). The lowest BCUT2D eigenvalue weighted by Gasteiger charge is -2.47. The molecular formula is C20H36N2O15. The van der Waals surface area contributed by atoms with Gasteiger partial charge in [0.15, 0.2) is 18.9 Å². The molecule has 0 spiro atoms. The summed E-state index contributed by atoms with van der Waals surface area (Å²) in [6, 6.07) is -2.66. The zero-order valence-corrected chi connectivity index (χ0v) is 19.8. The van der Waals surface area contributed by atoms with E-state index in [1.165, 1.54) is 0 Å². The summed E-state index contributed by atoms with van der Waals surface area (Å²) >= 11 is 0. The monoisotopic (exact) mass is 544 g/mol. The molecule has 3 aliphatic heterocycles. The second-order valence-electron chi connectivity index (χ2n) is 9.20. The van der Waals surface area contributed by atoms with Gasteiger partial charge in [-0.15, -0.1) is 0 Å². The molecule has 3 heterocycles. The number of nitrogens with one attached hydrogen (secondary N) is 1. The maximum Gasteiger partial charge on any atom is 0.217 e. The van der Waals surface area contributed by atoms with Crippen molar-refractivity contribution in [3.05, 3.63) is 0 Å². The number of ether oxygens (including phenoxy) is 5. The molecule has 12 N–H and O–H groups in total. The third-order valence-corrected chi connectivity index (χ3v) is 6.55. The van der Waals surface area contributed by atoms with Crippen molar-refractivity contribution < 1.29 is 74.4 Å². The largest absolute Gasteiger partial charge is 0.394 e. The number of carbonyl (C=O) groups excluding carboxylic acids is 1. The summed E-state index contributed by atoms with van der Waals surface area (Å²) in [6.07, 6.45) is -19.9. The Bertz CT molecular complexity index is 749. The molecule has 0 aromatic carbocycles. The van der Waals surface area contributed by atoms with Gasteiger partial charge in [-0.05, 0) is 0 Å². The third kappa shape index (κ3) is 6.55. The van der Waals surface area contributed by atoms with Crippen molar-refractivity contribution in [3.8, 4) is 0 Å². The van der Waals surface area contributed by atoms with Crippen LogP contribution in [0.3, 0.4) is 0 Å². The van der Waals surface area contributed by atoms with E-state index in [0.717, 1.165) is 6.92 Å². The second kappa shape index (κ2) is 12.8. The van der Waals surface area contributed by atoms with Crippen LogP contribution in [-0.4, -0.2) is 164 Å². The number of aliphatic hydroxyl groups excluding tert-OH is 9. The van der Waals surface area contributed by atoms with Crippen LogP contribution in [0.2, 0.25) is 0 Å². The molecule has 0 aromatic heterocycles. The highest BCUT2D eigenvalue weighted by Crippen LogP contribution is 2.30. The summed E-state index contributed by atoms with van der Waals surface area (Å²) in [4.78, 5) is 11.6. The van der Waals surface area contributed by atoms with Crippen LogP contribution in [0.1, 0.15) is 6.92 Å². The van der Waals surface area contributed by atoms with Crippen LogP contribution in [0.25, 0.3) is 0 Å². The Morgan fingerprint density at radius 1 is 0.784 bits per heavy atom. The van der Waals surface area contributed by atoms with E-state index in [4.69, 9.17) is 29.4 Å². The van der Waals surface area contributed by atoms with Gasteiger partial charge in [-0.2, -0.15) is 0 Å². The number of aliphatic hydroxyl groups is 9. The predicted molar refractivity (Wildman–Crippen MR) is 115 cm³/mol. The van der Waals surface area contributed by atoms with Gasteiger partial charge in [0.2, 0.25) is 5.91 Å². The Labute approximate surface area is 210 Å². The molecule has 0 aliphatic carbocycles. The van der Waals surface area contributed by atoms with Gasteiger partial charge < -0.3 is 80.7 Å². The summed E-state index contributed by atoms with van der Waals surface area (Å²) in [6.45, 7) is -0.794. The summed E-state index contributed by atoms with van der Waals surface area (Å²) in [7, 11) is 0. The van der Waals surface area contributed by atoms with E-state index in [-0.39, 0.29) is 0 Å². The zero-order valence-electron chi connectivity index (χ0n) is 19.8. The van der Waals surface area contributed by atoms with Gasteiger partial charge in [-0.25, -0.2) is 0 Å². The first-order chi connectivity index (χ1) is 17.4. The molecule has 17 heteroatoms. The molecule has 0 unspecified atom stereocenters. The van der Waals surface area contributed by atoms with Crippen LogP contribution < -0.4 is 11.1 Å². The molecule has 3 fully saturated rings. The molecule has 37 heavy (non-hydrogen) atoms. The number of rotatable bonds is 8. The van der Waals surface area contributed by atoms with E-state index in [9.17, 15) is 50.8 Å². The third-order valence-electron chi connectivity index (χ3n) is 6.55. The van der Waals surface area contributed by atoms with Crippen LogP contribution in [0.15, 0.2) is 0 Å². The molecule has 0 aromatic rings. The fourth-order valence-electron chi connectivity index (χ4n) is 4.41. The lowest BCUT2D eigenvalue weighted by molar-refractivity contribution is -0.338. The first kappa shape index (κ1) is 30.4. The van der Waals surface area contributed by atoms with Crippen molar-refractivity contribution >= 4 is 5.91 Å². The first-order valence-corrected chi connectivity index (χ1v) is 11.7. The average Bonchev–Trinajstić information content (AvgIpc) is 2.86. The lowest BCUT2D eigenvalue weighted by atomic mass is 9.95. The Kier molecular flexibility index (Phi) is 10.5. The fraction of sp³-hybridized carbons (Fsp3) is 0.950. The molecule has 0 radical (unpaired) electrons. The van der Waals surface area contributed by atoms with Crippen molar-refractivity contribution in [1.82, 2.24) is 5.32 Å². The summed E-state index contributed by atoms with van der Waals surface area (Å²) in [5.41, 5.74) is 6.04. The minimum absolute atomic E-state index is 0.505. The second-order valence-corrected chi connectivity index (χ2v) is 9.20. The predicted octanol–water partition coefficient (Wildman–Crippen LogP) is -7.46.